The minimum absolute atomic E-state index is 0.105. The Morgan fingerprint density at radius 1 is 1.27 bits per heavy atom. The lowest BCUT2D eigenvalue weighted by molar-refractivity contribution is 0.772. The average molecular weight is 423 g/mol. The number of fused-ring (bicyclic) bond motifs is 1. The molecule has 0 radical (unpaired) electrons. The largest absolute Gasteiger partial charge is 0.283 e. The minimum Gasteiger partial charge on any atom is -0.267 e. The van der Waals surface area contributed by atoms with Gasteiger partial charge in [-0.05, 0) is 55.0 Å². The smallest absolute Gasteiger partial charge is 0.267 e. The summed E-state index contributed by atoms with van der Waals surface area (Å²) in [4.78, 5) is 19.1. The summed E-state index contributed by atoms with van der Waals surface area (Å²) < 4.78 is 2.47. The molecule has 0 aliphatic carbocycles. The van der Waals surface area contributed by atoms with E-state index in [0.717, 1.165) is 24.4 Å². The summed E-state index contributed by atoms with van der Waals surface area (Å²) in [6.07, 6.45) is 1.71. The highest BCUT2D eigenvalue weighted by atomic mass is 127. The lowest BCUT2D eigenvalue weighted by Crippen LogP contribution is -2.20. The highest BCUT2D eigenvalue weighted by Gasteiger charge is 2.14. The molecule has 0 aliphatic heterocycles. The third-order valence-electron chi connectivity index (χ3n) is 3.56. The van der Waals surface area contributed by atoms with Gasteiger partial charge in [0, 0.05) is 14.0 Å². The van der Waals surface area contributed by atoms with Gasteiger partial charge in [0.05, 0.1) is 11.6 Å². The van der Waals surface area contributed by atoms with Crippen LogP contribution in [0.3, 0.4) is 0 Å². The second-order valence-electron chi connectivity index (χ2n) is 5.01. The SMILES string of the molecule is Cc1sc2nc(C)n(/N=C/c3ccccc3I)c(=O)c2c1C. The Bertz CT molecular complexity index is 956. The van der Waals surface area contributed by atoms with Crippen molar-refractivity contribution in [3.8, 4) is 0 Å². The molecule has 2 aromatic heterocycles. The topological polar surface area (TPSA) is 47.2 Å². The first kappa shape index (κ1) is 15.4. The number of halogens is 1. The molecule has 0 spiro atoms. The van der Waals surface area contributed by atoms with Crippen LogP contribution in [0.4, 0.5) is 0 Å². The second kappa shape index (κ2) is 5.92. The van der Waals surface area contributed by atoms with Gasteiger partial charge in [-0.1, -0.05) is 18.2 Å². The van der Waals surface area contributed by atoms with Gasteiger partial charge in [-0.25, -0.2) is 4.98 Å². The monoisotopic (exact) mass is 423 g/mol. The van der Waals surface area contributed by atoms with E-state index in [9.17, 15) is 4.79 Å². The summed E-state index contributed by atoms with van der Waals surface area (Å²) in [6, 6.07) is 7.90. The Kier molecular flexibility index (Phi) is 4.14. The van der Waals surface area contributed by atoms with Crippen molar-refractivity contribution in [1.29, 1.82) is 0 Å². The molecule has 0 amide bonds. The summed E-state index contributed by atoms with van der Waals surface area (Å²) in [5.74, 6) is 0.598. The standard InChI is InChI=1S/C16H14IN3OS/c1-9-10(2)22-15-14(9)16(21)20(11(3)19-15)18-8-12-6-4-5-7-13(12)17/h4-8H,1-3H3/b18-8+. The summed E-state index contributed by atoms with van der Waals surface area (Å²) in [5, 5.41) is 5.03. The summed E-state index contributed by atoms with van der Waals surface area (Å²) in [6.45, 7) is 5.77. The first-order valence-electron chi connectivity index (χ1n) is 6.77. The molecule has 22 heavy (non-hydrogen) atoms. The predicted molar refractivity (Wildman–Crippen MR) is 100 cm³/mol. The molecule has 0 saturated carbocycles. The van der Waals surface area contributed by atoms with Crippen molar-refractivity contribution in [2.24, 2.45) is 5.10 Å². The highest BCUT2D eigenvalue weighted by Crippen LogP contribution is 2.26. The Labute approximate surface area is 145 Å². The normalized spacial score (nSPS) is 11.6. The van der Waals surface area contributed by atoms with Crippen molar-refractivity contribution in [2.75, 3.05) is 0 Å². The molecular formula is C16H14IN3OS. The molecule has 1 aromatic carbocycles. The van der Waals surface area contributed by atoms with E-state index >= 15 is 0 Å². The Balaban J connectivity index is 2.17. The van der Waals surface area contributed by atoms with Gasteiger partial charge in [-0.15, -0.1) is 11.3 Å². The van der Waals surface area contributed by atoms with Crippen molar-refractivity contribution < 1.29 is 0 Å². The van der Waals surface area contributed by atoms with Crippen molar-refractivity contribution in [1.82, 2.24) is 9.66 Å². The van der Waals surface area contributed by atoms with Crippen molar-refractivity contribution in [2.45, 2.75) is 20.8 Å². The van der Waals surface area contributed by atoms with Crippen molar-refractivity contribution >= 4 is 50.4 Å². The van der Waals surface area contributed by atoms with Crippen LogP contribution < -0.4 is 5.56 Å². The quantitative estimate of drug-likeness (QED) is 0.464. The number of hydrogen-bond donors (Lipinski definition) is 0. The van der Waals surface area contributed by atoms with Crippen LogP contribution in [0.5, 0.6) is 0 Å². The predicted octanol–water partition coefficient (Wildman–Crippen LogP) is 3.87. The molecule has 4 nitrogen and oxygen atoms in total. The fourth-order valence-corrected chi connectivity index (χ4v) is 3.81. The van der Waals surface area contributed by atoms with Crippen LogP contribution in [0.25, 0.3) is 10.2 Å². The number of hydrogen-bond acceptors (Lipinski definition) is 4. The molecule has 0 unspecified atom stereocenters. The van der Waals surface area contributed by atoms with Crippen LogP contribution in [0.15, 0.2) is 34.2 Å². The molecule has 0 saturated heterocycles. The molecule has 3 aromatic rings. The zero-order chi connectivity index (χ0) is 15.9. The van der Waals surface area contributed by atoms with Crippen molar-refractivity contribution in [3.63, 3.8) is 0 Å². The van der Waals surface area contributed by atoms with Crippen molar-refractivity contribution in [3.05, 3.63) is 60.0 Å². The molecule has 112 valence electrons. The molecule has 0 fully saturated rings. The molecule has 0 bridgehead atoms. The van der Waals surface area contributed by atoms with E-state index in [1.807, 2.05) is 38.1 Å². The van der Waals surface area contributed by atoms with E-state index in [1.54, 1.807) is 24.5 Å². The van der Waals surface area contributed by atoms with E-state index in [1.165, 1.54) is 4.68 Å². The number of benzene rings is 1. The van der Waals surface area contributed by atoms with Gasteiger partial charge in [0.25, 0.3) is 5.56 Å². The molecule has 6 heteroatoms. The summed E-state index contributed by atoms with van der Waals surface area (Å²) in [7, 11) is 0. The molecule has 2 heterocycles. The number of thiophene rings is 1. The van der Waals surface area contributed by atoms with Gasteiger partial charge in [0.2, 0.25) is 0 Å². The molecule has 0 N–H and O–H groups in total. The number of rotatable bonds is 2. The molecule has 0 aliphatic rings. The van der Waals surface area contributed by atoms with E-state index in [0.29, 0.717) is 11.2 Å². The number of nitrogens with zero attached hydrogens (tertiary/aromatic N) is 3. The maximum atomic E-state index is 12.7. The van der Waals surface area contributed by atoms with E-state index in [-0.39, 0.29) is 5.56 Å². The highest BCUT2D eigenvalue weighted by molar-refractivity contribution is 14.1. The van der Waals surface area contributed by atoms with Gasteiger partial charge in [0.15, 0.2) is 0 Å². The van der Waals surface area contributed by atoms with E-state index in [2.05, 4.69) is 32.7 Å². The van der Waals surface area contributed by atoms with Gasteiger partial charge >= 0.3 is 0 Å². The first-order valence-corrected chi connectivity index (χ1v) is 8.67. The lowest BCUT2D eigenvalue weighted by atomic mass is 10.2. The van der Waals surface area contributed by atoms with Crippen LogP contribution in [0, 0.1) is 24.3 Å². The molecule has 0 atom stereocenters. The maximum Gasteiger partial charge on any atom is 0.283 e. The second-order valence-corrected chi connectivity index (χ2v) is 7.37. The first-order chi connectivity index (χ1) is 10.5. The molecular weight excluding hydrogens is 409 g/mol. The third kappa shape index (κ3) is 2.61. The Hall–Kier alpha value is -1.54. The van der Waals surface area contributed by atoms with Crippen LogP contribution >= 0.6 is 33.9 Å². The Morgan fingerprint density at radius 2 is 2.00 bits per heavy atom. The fourth-order valence-electron chi connectivity index (χ4n) is 2.22. The average Bonchev–Trinajstić information content (AvgIpc) is 2.75. The van der Waals surface area contributed by atoms with Gasteiger partial charge in [-0.2, -0.15) is 9.78 Å². The van der Waals surface area contributed by atoms with Crippen LogP contribution in [0.1, 0.15) is 21.8 Å². The Morgan fingerprint density at radius 3 is 2.73 bits per heavy atom. The third-order valence-corrected chi connectivity index (χ3v) is 5.64. The zero-order valence-corrected chi connectivity index (χ0v) is 15.4. The number of aromatic nitrogens is 2. The van der Waals surface area contributed by atoms with Gasteiger partial charge < -0.3 is 0 Å². The number of aryl methyl sites for hydroxylation is 3. The lowest BCUT2D eigenvalue weighted by Gasteiger charge is -2.04. The minimum atomic E-state index is -0.105. The van der Waals surface area contributed by atoms with Crippen LogP contribution in [-0.2, 0) is 0 Å². The van der Waals surface area contributed by atoms with E-state index in [4.69, 9.17) is 0 Å². The van der Waals surface area contributed by atoms with Crippen LogP contribution in [-0.4, -0.2) is 15.9 Å². The summed E-state index contributed by atoms with van der Waals surface area (Å²) >= 11 is 3.81. The molecule has 3 rings (SSSR count). The fraction of sp³-hybridized carbons (Fsp3) is 0.188. The zero-order valence-electron chi connectivity index (χ0n) is 12.4. The van der Waals surface area contributed by atoms with Gasteiger partial charge in [-0.3, -0.25) is 4.79 Å². The maximum absolute atomic E-state index is 12.7. The summed E-state index contributed by atoms with van der Waals surface area (Å²) in [5.41, 5.74) is 1.87. The van der Waals surface area contributed by atoms with E-state index < -0.39 is 0 Å². The van der Waals surface area contributed by atoms with Gasteiger partial charge in [0.1, 0.15) is 10.7 Å². The van der Waals surface area contributed by atoms with Crippen LogP contribution in [0.2, 0.25) is 0 Å².